The number of hydrogen-bond acceptors (Lipinski definition) is 5. The molecular formula is C49H29N3OS. The van der Waals surface area contributed by atoms with Gasteiger partial charge in [0.25, 0.3) is 0 Å². The molecule has 0 aliphatic rings. The van der Waals surface area contributed by atoms with E-state index >= 15 is 0 Å². The lowest BCUT2D eigenvalue weighted by Gasteiger charge is -2.11. The van der Waals surface area contributed by atoms with Gasteiger partial charge in [-0.1, -0.05) is 158 Å². The molecule has 8 aromatic carbocycles. The van der Waals surface area contributed by atoms with E-state index in [1.54, 1.807) is 0 Å². The summed E-state index contributed by atoms with van der Waals surface area (Å²) in [6.45, 7) is 0. The summed E-state index contributed by atoms with van der Waals surface area (Å²) in [6, 6.07) is 61.3. The summed E-state index contributed by atoms with van der Waals surface area (Å²) < 4.78 is 9.20. The van der Waals surface area contributed by atoms with Crippen molar-refractivity contribution in [2.24, 2.45) is 0 Å². The first-order chi connectivity index (χ1) is 26.8. The summed E-state index contributed by atoms with van der Waals surface area (Å²) in [5, 5.41) is 7.10. The third kappa shape index (κ3) is 4.94. The van der Waals surface area contributed by atoms with Crippen molar-refractivity contribution >= 4 is 64.2 Å². The maximum atomic E-state index is 6.63. The maximum Gasteiger partial charge on any atom is 0.164 e. The first kappa shape index (κ1) is 30.7. The van der Waals surface area contributed by atoms with Crippen molar-refractivity contribution in [3.63, 3.8) is 0 Å². The SMILES string of the molecule is c1ccc(-c2ccc(-c3nc(-c4ccccc4)nc(-c4cccc5oc6cccc(-c7cccc8sc9c%10ccccc%10ccc9c78)c6c45)n3)cc2)cc1. The van der Waals surface area contributed by atoms with E-state index in [0.717, 1.165) is 49.8 Å². The van der Waals surface area contributed by atoms with Gasteiger partial charge in [0, 0.05) is 47.6 Å². The molecule has 0 aliphatic heterocycles. The van der Waals surface area contributed by atoms with Gasteiger partial charge in [-0.05, 0) is 51.2 Å². The van der Waals surface area contributed by atoms with Crippen molar-refractivity contribution in [1.29, 1.82) is 0 Å². The number of fused-ring (bicyclic) bond motifs is 8. The van der Waals surface area contributed by atoms with Gasteiger partial charge in [-0.25, -0.2) is 15.0 Å². The maximum absolute atomic E-state index is 6.63. The Morgan fingerprint density at radius 1 is 0.352 bits per heavy atom. The van der Waals surface area contributed by atoms with Crippen molar-refractivity contribution in [2.45, 2.75) is 0 Å². The van der Waals surface area contributed by atoms with Crippen LogP contribution in [0.15, 0.2) is 180 Å². The Labute approximate surface area is 314 Å². The highest BCUT2D eigenvalue weighted by atomic mass is 32.1. The number of hydrogen-bond donors (Lipinski definition) is 0. The van der Waals surface area contributed by atoms with Gasteiger partial charge in [-0.3, -0.25) is 0 Å². The summed E-state index contributed by atoms with van der Waals surface area (Å²) in [4.78, 5) is 15.4. The van der Waals surface area contributed by atoms with E-state index in [0.29, 0.717) is 17.5 Å². The summed E-state index contributed by atoms with van der Waals surface area (Å²) in [5.74, 6) is 1.83. The van der Waals surface area contributed by atoms with Gasteiger partial charge in [-0.2, -0.15) is 0 Å². The standard InChI is InChI=1S/C49H29N3OS/c1-3-12-30(13-4-1)31-24-26-34(27-25-31)48-50-47(33-15-5-2-6-16-33)51-49(52-48)39-20-10-22-41-45(39)44-37(18-9-21-40(44)53-41)36-19-11-23-42-43(36)38-29-28-32-14-7-8-17-35(32)46(38)54-42/h1-29H. The molecule has 0 saturated carbocycles. The van der Waals surface area contributed by atoms with Crippen molar-refractivity contribution in [3.05, 3.63) is 176 Å². The van der Waals surface area contributed by atoms with E-state index in [2.05, 4.69) is 127 Å². The van der Waals surface area contributed by atoms with E-state index in [4.69, 9.17) is 19.4 Å². The topological polar surface area (TPSA) is 51.8 Å². The third-order valence-corrected chi connectivity index (χ3v) is 11.6. The zero-order valence-electron chi connectivity index (χ0n) is 28.9. The van der Waals surface area contributed by atoms with Gasteiger partial charge in [0.2, 0.25) is 0 Å². The number of rotatable bonds is 5. The normalized spacial score (nSPS) is 11.7. The molecule has 0 amide bonds. The molecule has 54 heavy (non-hydrogen) atoms. The highest BCUT2D eigenvalue weighted by Gasteiger charge is 2.22. The monoisotopic (exact) mass is 707 g/mol. The fourth-order valence-corrected chi connectivity index (χ4v) is 9.10. The number of benzene rings is 8. The summed E-state index contributed by atoms with van der Waals surface area (Å²) >= 11 is 1.86. The summed E-state index contributed by atoms with van der Waals surface area (Å²) in [7, 11) is 0. The van der Waals surface area contributed by atoms with Crippen LogP contribution >= 0.6 is 11.3 Å². The fourth-order valence-electron chi connectivity index (χ4n) is 7.84. The molecule has 252 valence electrons. The molecule has 3 heterocycles. The van der Waals surface area contributed by atoms with Crippen LogP contribution in [-0.2, 0) is 0 Å². The predicted octanol–water partition coefficient (Wildman–Crippen LogP) is 13.6. The molecule has 0 fully saturated rings. The molecule has 0 saturated heterocycles. The van der Waals surface area contributed by atoms with Crippen LogP contribution in [0, 0.1) is 0 Å². The third-order valence-electron chi connectivity index (χ3n) is 10.4. The van der Waals surface area contributed by atoms with Gasteiger partial charge in [0.05, 0.1) is 0 Å². The minimum Gasteiger partial charge on any atom is -0.456 e. The van der Waals surface area contributed by atoms with Crippen molar-refractivity contribution in [1.82, 2.24) is 15.0 Å². The molecule has 0 N–H and O–H groups in total. The Balaban J connectivity index is 1.14. The molecule has 3 aromatic heterocycles. The second kappa shape index (κ2) is 12.3. The van der Waals surface area contributed by atoms with Gasteiger partial charge < -0.3 is 4.42 Å². The molecule has 0 aliphatic carbocycles. The second-order valence-electron chi connectivity index (χ2n) is 13.5. The first-order valence-corrected chi connectivity index (χ1v) is 18.8. The zero-order chi connectivity index (χ0) is 35.6. The van der Waals surface area contributed by atoms with E-state index < -0.39 is 0 Å². The molecular weight excluding hydrogens is 679 g/mol. The van der Waals surface area contributed by atoms with Crippen molar-refractivity contribution in [2.75, 3.05) is 0 Å². The van der Waals surface area contributed by atoms with Gasteiger partial charge in [-0.15, -0.1) is 11.3 Å². The zero-order valence-corrected chi connectivity index (χ0v) is 29.7. The number of thiophene rings is 1. The van der Waals surface area contributed by atoms with Crippen LogP contribution in [0.3, 0.4) is 0 Å². The molecule has 0 spiro atoms. The first-order valence-electron chi connectivity index (χ1n) is 18.0. The lowest BCUT2D eigenvalue weighted by Crippen LogP contribution is -2.00. The van der Waals surface area contributed by atoms with E-state index in [1.165, 1.54) is 42.1 Å². The number of aromatic nitrogens is 3. The van der Waals surface area contributed by atoms with Gasteiger partial charge in [0.15, 0.2) is 17.5 Å². The highest BCUT2D eigenvalue weighted by molar-refractivity contribution is 7.26. The lowest BCUT2D eigenvalue weighted by molar-refractivity contribution is 0.669. The van der Waals surface area contributed by atoms with E-state index in [9.17, 15) is 0 Å². The molecule has 0 bridgehead atoms. The van der Waals surface area contributed by atoms with Gasteiger partial charge in [0.1, 0.15) is 11.2 Å². The van der Waals surface area contributed by atoms with Crippen LogP contribution in [-0.4, -0.2) is 15.0 Å². The Morgan fingerprint density at radius 2 is 0.889 bits per heavy atom. The average Bonchev–Trinajstić information content (AvgIpc) is 3.83. The van der Waals surface area contributed by atoms with E-state index in [-0.39, 0.29) is 0 Å². The van der Waals surface area contributed by atoms with Crippen LogP contribution in [0.5, 0.6) is 0 Å². The molecule has 0 unspecified atom stereocenters. The molecule has 4 nitrogen and oxygen atoms in total. The molecule has 11 aromatic rings. The Kier molecular flexibility index (Phi) is 7.00. The number of nitrogens with zero attached hydrogens (tertiary/aromatic N) is 3. The lowest BCUT2D eigenvalue weighted by atomic mass is 9.93. The highest BCUT2D eigenvalue weighted by Crippen LogP contribution is 2.47. The molecule has 5 heteroatoms. The Bertz CT molecular complexity index is 3200. The van der Waals surface area contributed by atoms with Crippen LogP contribution in [0.4, 0.5) is 0 Å². The van der Waals surface area contributed by atoms with Crippen LogP contribution in [0.1, 0.15) is 0 Å². The quantitative estimate of drug-likeness (QED) is 0.179. The largest absolute Gasteiger partial charge is 0.456 e. The van der Waals surface area contributed by atoms with Crippen LogP contribution in [0.2, 0.25) is 0 Å². The number of furan rings is 1. The molecule has 0 atom stereocenters. The van der Waals surface area contributed by atoms with Gasteiger partial charge >= 0.3 is 0 Å². The molecule has 11 rings (SSSR count). The van der Waals surface area contributed by atoms with Crippen molar-refractivity contribution < 1.29 is 4.42 Å². The predicted molar refractivity (Wildman–Crippen MR) is 225 cm³/mol. The summed E-state index contributed by atoms with van der Waals surface area (Å²) in [6.07, 6.45) is 0. The molecule has 0 radical (unpaired) electrons. The Hall–Kier alpha value is -6.95. The minimum absolute atomic E-state index is 0.597. The summed E-state index contributed by atoms with van der Waals surface area (Å²) in [5.41, 5.74) is 8.96. The fraction of sp³-hybridized carbons (Fsp3) is 0. The van der Waals surface area contributed by atoms with E-state index in [1.807, 2.05) is 59.9 Å². The smallest absolute Gasteiger partial charge is 0.164 e. The Morgan fingerprint density at radius 3 is 1.63 bits per heavy atom. The minimum atomic E-state index is 0.597. The van der Waals surface area contributed by atoms with Crippen LogP contribution < -0.4 is 0 Å². The average molecular weight is 708 g/mol. The second-order valence-corrected chi connectivity index (χ2v) is 14.6. The van der Waals surface area contributed by atoms with Crippen LogP contribution in [0.25, 0.3) is 109 Å². The van der Waals surface area contributed by atoms with Crippen molar-refractivity contribution in [3.8, 4) is 56.4 Å².